The fourth-order valence-electron chi connectivity index (χ4n) is 4.66. The van der Waals surface area contributed by atoms with E-state index in [9.17, 15) is 23.1 Å². The number of carbonyl (C=O) groups excluding carboxylic acids is 1. The van der Waals surface area contributed by atoms with Crippen molar-refractivity contribution in [1.29, 1.82) is 0 Å². The van der Waals surface area contributed by atoms with Gasteiger partial charge >= 0.3 is 0 Å². The molecule has 204 valence electrons. The number of para-hydroxylation sites is 1. The maximum absolute atomic E-state index is 13.4. The summed E-state index contributed by atoms with van der Waals surface area (Å²) < 4.78 is 32.5. The summed E-state index contributed by atoms with van der Waals surface area (Å²) in [5.74, 6) is 0.311. The summed E-state index contributed by atoms with van der Waals surface area (Å²) >= 11 is 0. The van der Waals surface area contributed by atoms with Crippen molar-refractivity contribution >= 4 is 21.6 Å². The van der Waals surface area contributed by atoms with Crippen LogP contribution in [-0.4, -0.2) is 50.8 Å². The lowest BCUT2D eigenvalue weighted by atomic mass is 9.98. The molecular formula is C26H33N5O6S. The number of amides is 1. The number of hydrogen-bond acceptors (Lipinski definition) is 8. The first-order valence-corrected chi connectivity index (χ1v) is 14.4. The molecule has 0 saturated heterocycles. The SMILES string of the molecule is CC(C)(O)Cn1ccc(NC(=O)C(CC2CCCC2)n2ncc(Oc3ccccc3S(C)(=O)=O)cc2=O)n1. The molecular weight excluding hydrogens is 510 g/mol. The van der Waals surface area contributed by atoms with Crippen LogP contribution in [-0.2, 0) is 21.2 Å². The molecule has 1 amide bonds. The molecule has 1 aliphatic rings. The van der Waals surface area contributed by atoms with Gasteiger partial charge in [-0.15, -0.1) is 0 Å². The molecule has 1 aromatic carbocycles. The Kier molecular flexibility index (Phi) is 8.02. The Morgan fingerprint density at radius 2 is 1.95 bits per heavy atom. The quantitative estimate of drug-likeness (QED) is 0.397. The van der Waals surface area contributed by atoms with Gasteiger partial charge in [-0.25, -0.2) is 13.1 Å². The number of anilines is 1. The second-order valence-electron chi connectivity index (χ2n) is 10.4. The van der Waals surface area contributed by atoms with Crippen LogP contribution in [0.5, 0.6) is 11.5 Å². The first kappa shape index (κ1) is 27.5. The lowest BCUT2D eigenvalue weighted by molar-refractivity contribution is -0.120. The highest BCUT2D eigenvalue weighted by molar-refractivity contribution is 7.90. The summed E-state index contributed by atoms with van der Waals surface area (Å²) in [4.78, 5) is 26.5. The second-order valence-corrected chi connectivity index (χ2v) is 12.4. The van der Waals surface area contributed by atoms with Crippen molar-refractivity contribution < 1.29 is 23.1 Å². The molecule has 2 heterocycles. The highest BCUT2D eigenvalue weighted by atomic mass is 32.2. The maximum atomic E-state index is 13.4. The molecule has 1 unspecified atom stereocenters. The third-order valence-electron chi connectivity index (χ3n) is 6.35. The molecule has 1 fully saturated rings. The van der Waals surface area contributed by atoms with Crippen LogP contribution in [0.3, 0.4) is 0 Å². The molecule has 1 atom stereocenters. The van der Waals surface area contributed by atoms with E-state index in [0.29, 0.717) is 12.2 Å². The fraction of sp³-hybridized carbons (Fsp3) is 0.462. The Bertz CT molecular complexity index is 1450. The summed E-state index contributed by atoms with van der Waals surface area (Å²) in [5, 5.41) is 21.3. The number of benzene rings is 1. The number of aromatic nitrogens is 4. The van der Waals surface area contributed by atoms with E-state index in [1.165, 1.54) is 29.1 Å². The van der Waals surface area contributed by atoms with Gasteiger partial charge < -0.3 is 15.2 Å². The zero-order valence-electron chi connectivity index (χ0n) is 21.7. The molecule has 4 rings (SSSR count). The lowest BCUT2D eigenvalue weighted by Crippen LogP contribution is -2.36. The van der Waals surface area contributed by atoms with E-state index in [1.807, 2.05) is 0 Å². The molecule has 11 nitrogen and oxygen atoms in total. The largest absolute Gasteiger partial charge is 0.454 e. The number of aliphatic hydroxyl groups is 1. The van der Waals surface area contributed by atoms with Gasteiger partial charge in [0, 0.05) is 24.6 Å². The summed E-state index contributed by atoms with van der Waals surface area (Å²) in [7, 11) is -3.55. The van der Waals surface area contributed by atoms with Crippen molar-refractivity contribution in [3.05, 3.63) is 59.1 Å². The molecule has 12 heteroatoms. The predicted molar refractivity (Wildman–Crippen MR) is 141 cm³/mol. The normalized spacial score (nSPS) is 15.4. The molecule has 3 aromatic rings. The first-order chi connectivity index (χ1) is 17.9. The topological polar surface area (TPSA) is 145 Å². The lowest BCUT2D eigenvalue weighted by Gasteiger charge is -2.21. The summed E-state index contributed by atoms with van der Waals surface area (Å²) in [5.41, 5.74) is -1.52. The smallest absolute Gasteiger partial charge is 0.271 e. The minimum atomic E-state index is -3.55. The van der Waals surface area contributed by atoms with Crippen molar-refractivity contribution in [1.82, 2.24) is 19.6 Å². The number of nitrogens with zero attached hydrogens (tertiary/aromatic N) is 4. The Hall–Kier alpha value is -3.51. The van der Waals surface area contributed by atoms with E-state index in [0.717, 1.165) is 36.6 Å². The number of rotatable bonds is 10. The van der Waals surface area contributed by atoms with E-state index in [1.54, 1.807) is 38.2 Å². The third kappa shape index (κ3) is 7.07. The average molecular weight is 544 g/mol. The maximum Gasteiger partial charge on any atom is 0.271 e. The number of nitrogens with one attached hydrogen (secondary N) is 1. The predicted octanol–water partition coefficient (Wildman–Crippen LogP) is 3.17. The van der Waals surface area contributed by atoms with Crippen LogP contribution in [0.25, 0.3) is 0 Å². The van der Waals surface area contributed by atoms with E-state index < -0.39 is 32.9 Å². The first-order valence-electron chi connectivity index (χ1n) is 12.5. The summed E-state index contributed by atoms with van der Waals surface area (Å²) in [6.07, 6.45) is 8.58. The summed E-state index contributed by atoms with van der Waals surface area (Å²) in [6, 6.07) is 8.08. The van der Waals surface area contributed by atoms with Crippen molar-refractivity contribution in [2.24, 2.45) is 5.92 Å². The molecule has 0 spiro atoms. The van der Waals surface area contributed by atoms with Gasteiger partial charge in [0.2, 0.25) is 0 Å². The van der Waals surface area contributed by atoms with Gasteiger partial charge in [-0.3, -0.25) is 14.3 Å². The Morgan fingerprint density at radius 1 is 1.24 bits per heavy atom. The standard InChI is InChI=1S/C26H33N5O6S/c1-26(2,34)17-30-13-12-23(29-30)28-25(33)20(14-18-8-4-5-9-18)31-24(32)15-19(16-27-31)37-21-10-6-7-11-22(21)38(3,35)36/h6-7,10-13,15-16,18,20,34H,4-5,8-9,14,17H2,1-3H3,(H,28,29,33). The highest BCUT2D eigenvalue weighted by Gasteiger charge is 2.29. The van der Waals surface area contributed by atoms with Gasteiger partial charge in [-0.2, -0.15) is 10.2 Å². The van der Waals surface area contributed by atoms with E-state index in [-0.39, 0.29) is 28.9 Å². The highest BCUT2D eigenvalue weighted by Crippen LogP contribution is 2.32. The average Bonchev–Trinajstić information content (AvgIpc) is 3.48. The van der Waals surface area contributed by atoms with E-state index >= 15 is 0 Å². The van der Waals surface area contributed by atoms with Gasteiger partial charge in [-0.05, 0) is 38.3 Å². The zero-order chi connectivity index (χ0) is 27.5. The molecule has 1 aliphatic carbocycles. The van der Waals surface area contributed by atoms with Crippen molar-refractivity contribution in [3.8, 4) is 11.5 Å². The van der Waals surface area contributed by atoms with E-state index in [2.05, 4.69) is 15.5 Å². The minimum absolute atomic E-state index is 0.00770. The van der Waals surface area contributed by atoms with Crippen molar-refractivity contribution in [2.75, 3.05) is 11.6 Å². The van der Waals surface area contributed by atoms with Gasteiger partial charge in [0.25, 0.3) is 11.5 Å². The van der Waals surface area contributed by atoms with Crippen LogP contribution < -0.4 is 15.6 Å². The van der Waals surface area contributed by atoms with Crippen LogP contribution >= 0.6 is 0 Å². The minimum Gasteiger partial charge on any atom is -0.454 e. The van der Waals surface area contributed by atoms with Gasteiger partial charge in [0.15, 0.2) is 21.4 Å². The molecule has 38 heavy (non-hydrogen) atoms. The van der Waals surface area contributed by atoms with E-state index in [4.69, 9.17) is 4.74 Å². The molecule has 0 bridgehead atoms. The zero-order valence-corrected chi connectivity index (χ0v) is 22.5. The van der Waals surface area contributed by atoms with Crippen LogP contribution in [0.4, 0.5) is 5.82 Å². The van der Waals surface area contributed by atoms with Gasteiger partial charge in [0.05, 0.1) is 18.3 Å². The van der Waals surface area contributed by atoms with Crippen molar-refractivity contribution in [3.63, 3.8) is 0 Å². The number of ether oxygens (including phenoxy) is 1. The number of carbonyl (C=O) groups is 1. The van der Waals surface area contributed by atoms with Crippen LogP contribution in [0, 0.1) is 5.92 Å². The Labute approximate surface area is 221 Å². The van der Waals surface area contributed by atoms with Crippen LogP contribution in [0.1, 0.15) is 52.0 Å². The van der Waals surface area contributed by atoms with Crippen LogP contribution in [0.15, 0.2) is 58.5 Å². The van der Waals surface area contributed by atoms with Gasteiger partial charge in [0.1, 0.15) is 16.7 Å². The van der Waals surface area contributed by atoms with Crippen molar-refractivity contribution in [2.45, 2.75) is 69.0 Å². The number of hydrogen-bond donors (Lipinski definition) is 2. The molecule has 0 radical (unpaired) electrons. The Balaban J connectivity index is 1.57. The monoisotopic (exact) mass is 543 g/mol. The second kappa shape index (κ2) is 11.1. The van der Waals surface area contributed by atoms with Crippen LogP contribution in [0.2, 0.25) is 0 Å². The third-order valence-corrected chi connectivity index (χ3v) is 7.48. The molecule has 2 aromatic heterocycles. The Morgan fingerprint density at radius 3 is 2.61 bits per heavy atom. The fourth-order valence-corrected chi connectivity index (χ4v) is 5.46. The molecule has 1 saturated carbocycles. The molecule has 0 aliphatic heterocycles. The molecule has 2 N–H and O–H groups in total. The van der Waals surface area contributed by atoms with Gasteiger partial charge in [-0.1, -0.05) is 37.8 Å². The number of sulfone groups is 1. The summed E-state index contributed by atoms with van der Waals surface area (Å²) in [6.45, 7) is 3.57.